The molecule has 0 saturated heterocycles. The van der Waals surface area contributed by atoms with Crippen LogP contribution in [0.25, 0.3) is 0 Å². The third-order valence-corrected chi connectivity index (χ3v) is 7.34. The zero-order valence-corrected chi connectivity index (χ0v) is 18.3. The Morgan fingerprint density at radius 1 is 0.906 bits per heavy atom. The maximum atomic E-state index is 13.5. The predicted octanol–water partition coefficient (Wildman–Crippen LogP) is 5.66. The maximum absolute atomic E-state index is 13.5. The van der Waals surface area contributed by atoms with Gasteiger partial charge in [0.05, 0.1) is 23.7 Å². The highest BCUT2D eigenvalue weighted by Crippen LogP contribution is 2.43. The van der Waals surface area contributed by atoms with Crippen molar-refractivity contribution in [2.24, 2.45) is 0 Å². The van der Waals surface area contributed by atoms with E-state index < -0.39 is 28.7 Å². The van der Waals surface area contributed by atoms with Gasteiger partial charge >= 0.3 is 6.18 Å². The molecule has 3 aromatic carbocycles. The average Bonchev–Trinajstić information content (AvgIpc) is 2.75. The summed E-state index contributed by atoms with van der Waals surface area (Å²) in [4.78, 5) is 1.68. The van der Waals surface area contributed by atoms with Gasteiger partial charge in [-0.15, -0.1) is 0 Å². The van der Waals surface area contributed by atoms with E-state index in [1.165, 1.54) is 16.4 Å². The molecule has 0 radical (unpaired) electrons. The van der Waals surface area contributed by atoms with Gasteiger partial charge in [0.15, 0.2) is 0 Å². The highest BCUT2D eigenvalue weighted by molar-refractivity contribution is 7.92. The number of sulfonamides is 1. The quantitative estimate of drug-likeness (QED) is 0.494. The van der Waals surface area contributed by atoms with Gasteiger partial charge in [0, 0.05) is 12.6 Å². The smallest absolute Gasteiger partial charge is 0.273 e. The van der Waals surface area contributed by atoms with Crippen molar-refractivity contribution >= 4 is 15.7 Å². The summed E-state index contributed by atoms with van der Waals surface area (Å²) in [5.74, 6) is 0. The van der Waals surface area contributed by atoms with E-state index in [-0.39, 0.29) is 23.8 Å². The number of para-hydroxylation sites is 1. The van der Waals surface area contributed by atoms with Crippen molar-refractivity contribution in [1.82, 2.24) is 4.90 Å². The van der Waals surface area contributed by atoms with E-state index in [0.29, 0.717) is 5.56 Å². The lowest BCUT2D eigenvalue weighted by molar-refractivity contribution is -0.149. The first kappa shape index (κ1) is 22.4. The number of alkyl halides is 3. The second kappa shape index (κ2) is 8.60. The summed E-state index contributed by atoms with van der Waals surface area (Å²) in [5, 5.41) is 0. The fourth-order valence-electron chi connectivity index (χ4n) is 4.01. The molecule has 0 aromatic heterocycles. The molecule has 1 aliphatic rings. The second-order valence-corrected chi connectivity index (χ2v) is 9.80. The van der Waals surface area contributed by atoms with Gasteiger partial charge in [0.25, 0.3) is 10.0 Å². The molecule has 0 saturated carbocycles. The molecule has 1 atom stereocenters. The fourth-order valence-corrected chi connectivity index (χ4v) is 5.47. The Labute approximate surface area is 186 Å². The lowest BCUT2D eigenvalue weighted by Crippen LogP contribution is -2.48. The van der Waals surface area contributed by atoms with Gasteiger partial charge in [-0.05, 0) is 36.2 Å². The Hall–Kier alpha value is -2.84. The SMILES string of the molecule is Cc1ccc(S(=O)(=O)N2CN(Cc3ccccc3)[C@H](CC(F)(F)F)c3ccccc32)cc1. The van der Waals surface area contributed by atoms with Gasteiger partial charge in [0.2, 0.25) is 0 Å². The van der Waals surface area contributed by atoms with E-state index in [9.17, 15) is 21.6 Å². The van der Waals surface area contributed by atoms with E-state index in [1.807, 2.05) is 37.3 Å². The monoisotopic (exact) mass is 460 g/mol. The molecule has 168 valence electrons. The number of hydrogen-bond acceptors (Lipinski definition) is 3. The minimum Gasteiger partial charge on any atom is -0.273 e. The second-order valence-electron chi connectivity index (χ2n) is 7.93. The van der Waals surface area contributed by atoms with Gasteiger partial charge in [-0.25, -0.2) is 8.42 Å². The fraction of sp³-hybridized carbons (Fsp3) is 0.250. The van der Waals surface area contributed by atoms with Crippen LogP contribution in [0.15, 0.2) is 83.8 Å². The van der Waals surface area contributed by atoms with Crippen molar-refractivity contribution in [1.29, 1.82) is 0 Å². The number of anilines is 1. The summed E-state index contributed by atoms with van der Waals surface area (Å²) < 4.78 is 68.8. The number of nitrogens with zero attached hydrogens (tertiary/aromatic N) is 2. The molecule has 0 aliphatic carbocycles. The van der Waals surface area contributed by atoms with Crippen LogP contribution in [0.1, 0.15) is 29.2 Å². The largest absolute Gasteiger partial charge is 0.390 e. The van der Waals surface area contributed by atoms with Crippen molar-refractivity contribution in [2.45, 2.75) is 37.0 Å². The van der Waals surface area contributed by atoms with Crippen LogP contribution in [0.5, 0.6) is 0 Å². The molecule has 0 bridgehead atoms. The molecule has 0 spiro atoms. The summed E-state index contributed by atoms with van der Waals surface area (Å²) in [5.41, 5.74) is 2.36. The molecule has 4 rings (SSSR count). The molecule has 0 N–H and O–H groups in total. The molecule has 1 heterocycles. The highest BCUT2D eigenvalue weighted by Gasteiger charge is 2.42. The number of rotatable bonds is 5. The third kappa shape index (κ3) is 4.66. The highest BCUT2D eigenvalue weighted by atomic mass is 32.2. The molecular formula is C24H23F3N2O2S. The van der Waals surface area contributed by atoms with Gasteiger partial charge in [-0.2, -0.15) is 13.2 Å². The first-order chi connectivity index (χ1) is 15.1. The minimum absolute atomic E-state index is 0.104. The first-order valence-corrected chi connectivity index (χ1v) is 11.6. The Bertz CT molecular complexity index is 1180. The average molecular weight is 461 g/mol. The van der Waals surface area contributed by atoms with Crippen LogP contribution in [0.2, 0.25) is 0 Å². The molecule has 0 amide bonds. The van der Waals surface area contributed by atoms with E-state index in [0.717, 1.165) is 11.1 Å². The Kier molecular flexibility index (Phi) is 6.01. The number of benzene rings is 3. The zero-order valence-electron chi connectivity index (χ0n) is 17.5. The van der Waals surface area contributed by atoms with E-state index in [2.05, 4.69) is 0 Å². The summed E-state index contributed by atoms with van der Waals surface area (Å²) >= 11 is 0. The van der Waals surface area contributed by atoms with E-state index in [4.69, 9.17) is 0 Å². The Balaban J connectivity index is 1.81. The molecule has 1 aliphatic heterocycles. The molecular weight excluding hydrogens is 437 g/mol. The normalized spacial score (nSPS) is 17.2. The van der Waals surface area contributed by atoms with Crippen molar-refractivity contribution < 1.29 is 21.6 Å². The van der Waals surface area contributed by atoms with Crippen molar-refractivity contribution in [3.63, 3.8) is 0 Å². The van der Waals surface area contributed by atoms with Crippen molar-refractivity contribution in [3.05, 3.63) is 95.6 Å². The predicted molar refractivity (Wildman–Crippen MR) is 118 cm³/mol. The maximum Gasteiger partial charge on any atom is 0.390 e. The summed E-state index contributed by atoms with van der Waals surface area (Å²) in [7, 11) is -3.97. The van der Waals surface area contributed by atoms with Gasteiger partial charge in [0.1, 0.15) is 0 Å². The Morgan fingerprint density at radius 3 is 2.19 bits per heavy atom. The minimum atomic E-state index is -4.40. The molecule has 3 aromatic rings. The molecule has 0 unspecified atom stereocenters. The number of hydrogen-bond donors (Lipinski definition) is 0. The number of fused-ring (bicyclic) bond motifs is 1. The first-order valence-electron chi connectivity index (χ1n) is 10.2. The standard InChI is InChI=1S/C24H23F3N2O2S/c1-18-11-13-20(14-12-18)32(30,31)29-17-28(16-19-7-3-2-4-8-19)23(15-24(25,26)27)21-9-5-6-10-22(21)29/h2-14,23H,15-17H2,1H3/t23-/m1/s1. The lowest BCUT2D eigenvalue weighted by atomic mass is 9.97. The van der Waals surface area contributed by atoms with Crippen LogP contribution in [0, 0.1) is 6.92 Å². The van der Waals surface area contributed by atoms with Crippen LogP contribution in [0.3, 0.4) is 0 Å². The number of aryl methyl sites for hydroxylation is 1. The van der Waals surface area contributed by atoms with Crippen LogP contribution in [-0.2, 0) is 16.6 Å². The molecule has 8 heteroatoms. The van der Waals surface area contributed by atoms with Gasteiger partial charge in [-0.1, -0.05) is 66.2 Å². The van der Waals surface area contributed by atoms with Gasteiger partial charge < -0.3 is 0 Å². The topological polar surface area (TPSA) is 40.6 Å². The van der Waals surface area contributed by atoms with Crippen molar-refractivity contribution in [2.75, 3.05) is 11.0 Å². The van der Waals surface area contributed by atoms with Crippen LogP contribution < -0.4 is 4.31 Å². The molecule has 0 fully saturated rings. The van der Waals surface area contributed by atoms with Crippen LogP contribution >= 0.6 is 0 Å². The number of halogens is 3. The molecule has 32 heavy (non-hydrogen) atoms. The van der Waals surface area contributed by atoms with Crippen molar-refractivity contribution in [3.8, 4) is 0 Å². The zero-order chi connectivity index (χ0) is 22.9. The molecule has 4 nitrogen and oxygen atoms in total. The third-order valence-electron chi connectivity index (χ3n) is 5.58. The summed E-state index contributed by atoms with van der Waals surface area (Å²) in [6, 6.07) is 21.0. The van der Waals surface area contributed by atoms with Gasteiger partial charge in [-0.3, -0.25) is 9.21 Å². The van der Waals surface area contributed by atoms with Crippen LogP contribution in [0.4, 0.5) is 18.9 Å². The van der Waals surface area contributed by atoms with Crippen LogP contribution in [-0.4, -0.2) is 26.2 Å². The van der Waals surface area contributed by atoms with E-state index in [1.54, 1.807) is 41.3 Å². The summed E-state index contributed by atoms with van der Waals surface area (Å²) in [6.07, 6.45) is -5.46. The Morgan fingerprint density at radius 2 is 1.53 bits per heavy atom. The van der Waals surface area contributed by atoms with E-state index >= 15 is 0 Å². The lowest BCUT2D eigenvalue weighted by Gasteiger charge is -2.43. The summed E-state index contributed by atoms with van der Waals surface area (Å²) in [6.45, 7) is 1.87.